The van der Waals surface area contributed by atoms with Crippen molar-refractivity contribution >= 4 is 23.2 Å². The summed E-state index contributed by atoms with van der Waals surface area (Å²) < 4.78 is 10.8. The van der Waals surface area contributed by atoms with Gasteiger partial charge in [0.05, 0.1) is 22.3 Å². The fraction of sp³-hybridized carbons (Fsp3) is 0.227. The van der Waals surface area contributed by atoms with Crippen molar-refractivity contribution in [3.8, 4) is 5.75 Å². The molecule has 0 aliphatic heterocycles. The van der Waals surface area contributed by atoms with Gasteiger partial charge in [-0.2, -0.15) is 0 Å². The predicted octanol–water partition coefficient (Wildman–Crippen LogP) is 4.06. The molecule has 7 heteroatoms. The minimum Gasteiger partial charge on any atom is -0.487 e. The largest absolute Gasteiger partial charge is 0.487 e. The molecule has 29 heavy (non-hydrogen) atoms. The van der Waals surface area contributed by atoms with Crippen LogP contribution in [0.25, 0.3) is 0 Å². The lowest BCUT2D eigenvalue weighted by molar-refractivity contribution is -0.124. The van der Waals surface area contributed by atoms with E-state index in [1.165, 1.54) is 0 Å². The smallest absolute Gasteiger partial charge is 0.338 e. The molecule has 0 bridgehead atoms. The number of esters is 1. The minimum atomic E-state index is -0.561. The molecule has 0 unspecified atom stereocenters. The van der Waals surface area contributed by atoms with Crippen LogP contribution in [0.2, 0.25) is 0 Å². The maximum Gasteiger partial charge on any atom is 0.338 e. The van der Waals surface area contributed by atoms with Crippen LogP contribution in [0.5, 0.6) is 5.75 Å². The molecular formula is C22H22N2O4S. The van der Waals surface area contributed by atoms with E-state index in [0.29, 0.717) is 17.9 Å². The molecule has 0 spiro atoms. The number of aromatic nitrogens is 1. The number of nitrogens with one attached hydrogen (secondary N) is 1. The van der Waals surface area contributed by atoms with Crippen LogP contribution >= 0.6 is 11.3 Å². The summed E-state index contributed by atoms with van der Waals surface area (Å²) in [6.07, 6.45) is 0. The molecule has 3 aromatic rings. The van der Waals surface area contributed by atoms with E-state index in [1.54, 1.807) is 35.6 Å². The van der Waals surface area contributed by atoms with Crippen molar-refractivity contribution in [2.45, 2.75) is 26.5 Å². The number of rotatable bonds is 8. The Hall–Kier alpha value is -3.19. The van der Waals surface area contributed by atoms with Gasteiger partial charge in [-0.1, -0.05) is 30.3 Å². The Bertz CT molecular complexity index is 954. The zero-order valence-corrected chi connectivity index (χ0v) is 17.1. The molecule has 0 radical (unpaired) electrons. The molecule has 2 aromatic carbocycles. The van der Waals surface area contributed by atoms with E-state index in [4.69, 9.17) is 9.47 Å². The third-order valence-corrected chi connectivity index (χ3v) is 4.98. The first-order valence-corrected chi connectivity index (χ1v) is 10.0. The lowest BCUT2D eigenvalue weighted by Crippen LogP contribution is -2.31. The summed E-state index contributed by atoms with van der Waals surface area (Å²) in [5.74, 6) is -0.288. The van der Waals surface area contributed by atoms with E-state index in [-0.39, 0.29) is 18.6 Å². The Kier molecular flexibility index (Phi) is 6.97. The van der Waals surface area contributed by atoms with Crippen molar-refractivity contribution in [3.63, 3.8) is 0 Å². The number of carbonyl (C=O) groups is 2. The number of hydrogen-bond acceptors (Lipinski definition) is 6. The molecule has 1 amide bonds. The number of aryl methyl sites for hydroxylation is 1. The van der Waals surface area contributed by atoms with Gasteiger partial charge in [-0.15, -0.1) is 11.3 Å². The van der Waals surface area contributed by atoms with Gasteiger partial charge in [-0.05, 0) is 43.7 Å². The molecular weight excluding hydrogens is 388 g/mol. The Morgan fingerprint density at radius 3 is 2.48 bits per heavy atom. The monoisotopic (exact) mass is 410 g/mol. The van der Waals surface area contributed by atoms with Crippen LogP contribution in [0.15, 0.2) is 60.0 Å². The number of ether oxygens (including phenoxy) is 2. The number of thiazole rings is 1. The van der Waals surface area contributed by atoms with Crippen molar-refractivity contribution in [1.82, 2.24) is 10.3 Å². The first-order chi connectivity index (χ1) is 14.0. The Balaban J connectivity index is 1.44. The maximum atomic E-state index is 12.1. The highest BCUT2D eigenvalue weighted by Gasteiger charge is 2.13. The Morgan fingerprint density at radius 2 is 1.83 bits per heavy atom. The quantitative estimate of drug-likeness (QED) is 0.567. The summed E-state index contributed by atoms with van der Waals surface area (Å²) in [7, 11) is 0. The number of benzene rings is 2. The van der Waals surface area contributed by atoms with Crippen molar-refractivity contribution in [2.75, 3.05) is 6.61 Å². The molecule has 0 saturated carbocycles. The molecule has 1 atom stereocenters. The summed E-state index contributed by atoms with van der Waals surface area (Å²) in [5, 5.41) is 5.74. The van der Waals surface area contributed by atoms with Crippen molar-refractivity contribution in [2.24, 2.45) is 0 Å². The summed E-state index contributed by atoms with van der Waals surface area (Å²) in [6.45, 7) is 3.85. The van der Waals surface area contributed by atoms with Gasteiger partial charge in [-0.3, -0.25) is 4.79 Å². The van der Waals surface area contributed by atoms with E-state index in [0.717, 1.165) is 16.3 Å². The molecule has 0 aliphatic rings. The highest BCUT2D eigenvalue weighted by molar-refractivity contribution is 7.09. The van der Waals surface area contributed by atoms with Crippen molar-refractivity contribution in [3.05, 3.63) is 81.8 Å². The normalized spacial score (nSPS) is 11.5. The second kappa shape index (κ2) is 9.84. The van der Waals surface area contributed by atoms with E-state index in [2.05, 4.69) is 10.3 Å². The SMILES string of the molecule is Cc1nc(COc2ccc(C(=O)OCC(=O)N[C@@H](C)c3ccccc3)cc2)cs1. The lowest BCUT2D eigenvalue weighted by atomic mass is 10.1. The molecule has 0 aliphatic carbocycles. The van der Waals surface area contributed by atoms with Crippen molar-refractivity contribution in [1.29, 1.82) is 0 Å². The molecule has 3 rings (SSSR count). The van der Waals surface area contributed by atoms with Gasteiger partial charge in [0.1, 0.15) is 12.4 Å². The third-order valence-electron chi connectivity index (χ3n) is 4.15. The highest BCUT2D eigenvalue weighted by atomic mass is 32.1. The van der Waals surface area contributed by atoms with Crippen LogP contribution in [0, 0.1) is 6.92 Å². The number of hydrogen-bond donors (Lipinski definition) is 1. The van der Waals surface area contributed by atoms with E-state index < -0.39 is 5.97 Å². The number of nitrogens with zero attached hydrogens (tertiary/aromatic N) is 1. The summed E-state index contributed by atoms with van der Waals surface area (Å²) >= 11 is 1.57. The second-order valence-corrected chi connectivity index (χ2v) is 7.51. The first-order valence-electron chi connectivity index (χ1n) is 9.16. The van der Waals surface area contributed by atoms with Gasteiger partial charge in [0.15, 0.2) is 6.61 Å². The van der Waals surface area contributed by atoms with Gasteiger partial charge in [-0.25, -0.2) is 9.78 Å². The lowest BCUT2D eigenvalue weighted by Gasteiger charge is -2.14. The Morgan fingerprint density at radius 1 is 1.10 bits per heavy atom. The molecule has 0 saturated heterocycles. The van der Waals surface area contributed by atoms with Crippen LogP contribution in [-0.4, -0.2) is 23.5 Å². The zero-order valence-electron chi connectivity index (χ0n) is 16.3. The van der Waals surface area contributed by atoms with Crippen LogP contribution in [-0.2, 0) is 16.1 Å². The summed E-state index contributed by atoms with van der Waals surface area (Å²) in [4.78, 5) is 28.5. The fourth-order valence-corrected chi connectivity index (χ4v) is 3.24. The summed E-state index contributed by atoms with van der Waals surface area (Å²) in [6, 6.07) is 16.0. The second-order valence-electron chi connectivity index (χ2n) is 6.45. The van der Waals surface area contributed by atoms with Gasteiger partial charge in [0.2, 0.25) is 0 Å². The van der Waals surface area contributed by atoms with Gasteiger partial charge < -0.3 is 14.8 Å². The molecule has 1 N–H and O–H groups in total. The molecule has 6 nitrogen and oxygen atoms in total. The van der Waals surface area contributed by atoms with Crippen LogP contribution < -0.4 is 10.1 Å². The standard InChI is InChI=1S/C22H22N2O4S/c1-15(17-6-4-3-5-7-17)23-21(25)13-28-22(26)18-8-10-20(11-9-18)27-12-19-14-29-16(2)24-19/h3-11,14-15H,12-13H2,1-2H3,(H,23,25)/t15-/m0/s1. The number of carbonyl (C=O) groups excluding carboxylic acids is 2. The average Bonchev–Trinajstić information content (AvgIpc) is 3.16. The molecule has 0 fully saturated rings. The van der Waals surface area contributed by atoms with Crippen LogP contribution in [0.4, 0.5) is 0 Å². The van der Waals surface area contributed by atoms with E-state index >= 15 is 0 Å². The molecule has 1 heterocycles. The highest BCUT2D eigenvalue weighted by Crippen LogP contribution is 2.16. The van der Waals surface area contributed by atoms with Gasteiger partial charge in [0.25, 0.3) is 5.91 Å². The third kappa shape index (κ3) is 6.15. The maximum absolute atomic E-state index is 12.1. The Labute approximate surface area is 173 Å². The minimum absolute atomic E-state index is 0.166. The fourth-order valence-electron chi connectivity index (χ4n) is 2.64. The van der Waals surface area contributed by atoms with E-state index in [1.807, 2.05) is 49.6 Å². The van der Waals surface area contributed by atoms with Crippen molar-refractivity contribution < 1.29 is 19.1 Å². The summed E-state index contributed by atoms with van der Waals surface area (Å²) in [5.41, 5.74) is 2.20. The van der Waals surface area contributed by atoms with Gasteiger partial charge in [0, 0.05) is 5.38 Å². The van der Waals surface area contributed by atoms with E-state index in [9.17, 15) is 9.59 Å². The molecule has 1 aromatic heterocycles. The topological polar surface area (TPSA) is 77.5 Å². The van der Waals surface area contributed by atoms with Crippen LogP contribution in [0.3, 0.4) is 0 Å². The molecule has 150 valence electrons. The van der Waals surface area contributed by atoms with Crippen LogP contribution in [0.1, 0.15) is 39.6 Å². The average molecular weight is 410 g/mol. The first kappa shape index (κ1) is 20.5. The zero-order chi connectivity index (χ0) is 20.6. The number of amides is 1. The predicted molar refractivity (Wildman–Crippen MR) is 111 cm³/mol. The van der Waals surface area contributed by atoms with Gasteiger partial charge >= 0.3 is 5.97 Å².